The molecule has 7 nitrogen and oxygen atoms in total. The second-order valence-corrected chi connectivity index (χ2v) is 5.30. The van der Waals surface area contributed by atoms with Crippen molar-refractivity contribution < 1.29 is 17.4 Å². The third-order valence-electron chi connectivity index (χ3n) is 1.99. The third kappa shape index (κ3) is 3.90. The van der Waals surface area contributed by atoms with Crippen LogP contribution in [0.3, 0.4) is 0 Å². The second kappa shape index (κ2) is 5.69. The van der Waals surface area contributed by atoms with Crippen LogP contribution in [-0.2, 0) is 10.3 Å². The zero-order valence-electron chi connectivity index (χ0n) is 10.3. The van der Waals surface area contributed by atoms with E-state index in [1.807, 2.05) is 0 Å². The number of hydrogen-bond acceptors (Lipinski definition) is 4. The minimum absolute atomic E-state index is 0.172. The van der Waals surface area contributed by atoms with E-state index >= 15 is 0 Å². The lowest BCUT2D eigenvalue weighted by Gasteiger charge is -2.12. The Morgan fingerprint density at radius 1 is 1.22 bits per heavy atom. The van der Waals surface area contributed by atoms with Gasteiger partial charge in [0.15, 0.2) is 0 Å². The molecule has 0 unspecified atom stereocenters. The van der Waals surface area contributed by atoms with Crippen LogP contribution in [0.1, 0.15) is 0 Å². The first kappa shape index (κ1) is 14.3. The minimum Gasteiger partial charge on any atom is -0.371 e. The molecule has 0 bridgehead atoms. The number of carbonyl (C=O) groups is 1. The molecule has 0 aliphatic carbocycles. The van der Waals surface area contributed by atoms with Gasteiger partial charge in [0.05, 0.1) is 0 Å². The van der Waals surface area contributed by atoms with Crippen LogP contribution in [0.25, 0.3) is 0 Å². The van der Waals surface area contributed by atoms with Crippen molar-refractivity contribution in [2.24, 2.45) is 0 Å². The highest BCUT2D eigenvalue weighted by atomic mass is 32.2. The fourth-order valence-corrected chi connectivity index (χ4v) is 1.49. The summed E-state index contributed by atoms with van der Waals surface area (Å²) in [7, 11) is 0.482. The average Bonchev–Trinajstić information content (AvgIpc) is 2.31. The summed E-state index contributed by atoms with van der Waals surface area (Å²) >= 11 is 0. The lowest BCUT2D eigenvalue weighted by atomic mass is 10.3. The Balaban J connectivity index is 2.75. The smallest absolute Gasteiger partial charge is 0.371 e. The summed E-state index contributed by atoms with van der Waals surface area (Å²) in [6.45, 7) is 0. The van der Waals surface area contributed by atoms with Gasteiger partial charge < -0.3 is 14.8 Å². The third-order valence-corrected chi connectivity index (χ3v) is 3.29. The van der Waals surface area contributed by atoms with Crippen molar-refractivity contribution in [3.63, 3.8) is 0 Å². The van der Waals surface area contributed by atoms with Gasteiger partial charge in [0, 0.05) is 26.8 Å². The maximum Gasteiger partial charge on any atom is 0.384 e. The van der Waals surface area contributed by atoms with Crippen molar-refractivity contribution in [1.82, 2.24) is 9.62 Å². The summed E-state index contributed by atoms with van der Waals surface area (Å²) in [4.78, 5) is 11.0. The predicted molar refractivity (Wildman–Crippen MR) is 67.8 cm³/mol. The van der Waals surface area contributed by atoms with Crippen molar-refractivity contribution in [1.29, 1.82) is 0 Å². The Kier molecular flexibility index (Phi) is 4.51. The summed E-state index contributed by atoms with van der Waals surface area (Å²) < 4.78 is 28.6. The first-order chi connectivity index (χ1) is 8.35. The van der Waals surface area contributed by atoms with Crippen LogP contribution in [0.15, 0.2) is 24.3 Å². The van der Waals surface area contributed by atoms with E-state index in [1.165, 1.54) is 45.4 Å². The number of nitrogens with zero attached hydrogens (tertiary/aromatic N) is 1. The molecule has 0 heterocycles. The summed E-state index contributed by atoms with van der Waals surface area (Å²) in [5, 5.41) is 4.94. The van der Waals surface area contributed by atoms with Crippen LogP contribution in [0.4, 0.5) is 10.5 Å². The molecule has 2 amide bonds. The van der Waals surface area contributed by atoms with Crippen LogP contribution in [-0.4, -0.2) is 39.9 Å². The van der Waals surface area contributed by atoms with Gasteiger partial charge >= 0.3 is 16.3 Å². The average molecular weight is 273 g/mol. The Hall–Kier alpha value is -1.80. The summed E-state index contributed by atoms with van der Waals surface area (Å²) in [5.41, 5.74) is 0.531. The van der Waals surface area contributed by atoms with Gasteiger partial charge in [0.2, 0.25) is 0 Å². The summed E-state index contributed by atoms with van der Waals surface area (Å²) in [6.07, 6.45) is 0. The number of carbonyl (C=O) groups excluding carboxylic acids is 1. The van der Waals surface area contributed by atoms with E-state index in [9.17, 15) is 13.2 Å². The first-order valence-corrected chi connectivity index (χ1v) is 6.42. The number of urea groups is 1. The molecule has 0 aromatic heterocycles. The Morgan fingerprint density at radius 2 is 1.78 bits per heavy atom. The SMILES string of the molecule is CNC(=O)Nc1ccc(OS(=O)(=O)N(C)C)cc1. The van der Waals surface area contributed by atoms with Crippen LogP contribution < -0.4 is 14.8 Å². The Bertz CT molecular complexity index is 510. The predicted octanol–water partition coefficient (Wildman–Crippen LogP) is 0.623. The molecule has 0 aliphatic rings. The monoisotopic (exact) mass is 273 g/mol. The molecule has 1 rings (SSSR count). The molecule has 0 saturated carbocycles. The summed E-state index contributed by atoms with van der Waals surface area (Å²) in [5.74, 6) is 0.172. The van der Waals surface area contributed by atoms with E-state index in [0.29, 0.717) is 5.69 Å². The van der Waals surface area contributed by atoms with Gasteiger partial charge in [-0.2, -0.15) is 12.7 Å². The van der Waals surface area contributed by atoms with Gasteiger partial charge in [-0.3, -0.25) is 0 Å². The van der Waals surface area contributed by atoms with Gasteiger partial charge in [-0.1, -0.05) is 0 Å². The molecule has 0 saturated heterocycles. The summed E-state index contributed by atoms with van der Waals surface area (Å²) in [6, 6.07) is 5.62. The number of rotatable bonds is 4. The number of benzene rings is 1. The molecule has 0 fully saturated rings. The van der Waals surface area contributed by atoms with E-state index in [0.717, 1.165) is 4.31 Å². The highest BCUT2D eigenvalue weighted by Crippen LogP contribution is 2.17. The largest absolute Gasteiger partial charge is 0.384 e. The molecule has 18 heavy (non-hydrogen) atoms. The topological polar surface area (TPSA) is 87.7 Å². The normalized spacial score (nSPS) is 11.1. The first-order valence-electron chi connectivity index (χ1n) is 5.06. The van der Waals surface area contributed by atoms with Crippen molar-refractivity contribution in [2.45, 2.75) is 0 Å². The number of nitrogens with one attached hydrogen (secondary N) is 2. The van der Waals surface area contributed by atoms with Crippen molar-refractivity contribution in [3.05, 3.63) is 24.3 Å². The van der Waals surface area contributed by atoms with Gasteiger partial charge in [-0.15, -0.1) is 0 Å². The van der Waals surface area contributed by atoms with Crippen LogP contribution in [0, 0.1) is 0 Å². The van der Waals surface area contributed by atoms with Gasteiger partial charge in [0.1, 0.15) is 5.75 Å². The fraction of sp³-hybridized carbons (Fsp3) is 0.300. The number of anilines is 1. The van der Waals surface area contributed by atoms with Crippen molar-refractivity contribution >= 4 is 22.0 Å². The second-order valence-electron chi connectivity index (χ2n) is 3.55. The maximum atomic E-state index is 11.4. The van der Waals surface area contributed by atoms with Gasteiger partial charge in [-0.25, -0.2) is 4.79 Å². The van der Waals surface area contributed by atoms with E-state index < -0.39 is 10.3 Å². The maximum absolute atomic E-state index is 11.4. The Labute approximate surface area is 106 Å². The lowest BCUT2D eigenvalue weighted by molar-refractivity contribution is 0.254. The van der Waals surface area contributed by atoms with Crippen LogP contribution >= 0.6 is 0 Å². The molecule has 1 aromatic rings. The highest BCUT2D eigenvalue weighted by molar-refractivity contribution is 7.84. The quantitative estimate of drug-likeness (QED) is 0.842. The molecule has 0 atom stereocenters. The molecule has 0 radical (unpaired) electrons. The molecule has 0 aliphatic heterocycles. The van der Waals surface area contributed by atoms with Gasteiger partial charge in [-0.05, 0) is 24.3 Å². The number of amides is 2. The van der Waals surface area contributed by atoms with E-state index in [4.69, 9.17) is 4.18 Å². The Morgan fingerprint density at radius 3 is 2.22 bits per heavy atom. The van der Waals surface area contributed by atoms with Crippen molar-refractivity contribution in [2.75, 3.05) is 26.5 Å². The molecule has 100 valence electrons. The molecule has 0 spiro atoms. The van der Waals surface area contributed by atoms with Crippen LogP contribution in [0.5, 0.6) is 5.75 Å². The molecular formula is C10H15N3O4S. The fourth-order valence-electron chi connectivity index (χ4n) is 0.984. The zero-order chi connectivity index (χ0) is 13.8. The lowest BCUT2D eigenvalue weighted by Crippen LogP contribution is -2.27. The van der Waals surface area contributed by atoms with E-state index in [1.54, 1.807) is 0 Å². The van der Waals surface area contributed by atoms with Crippen LogP contribution in [0.2, 0.25) is 0 Å². The standard InChI is InChI=1S/C10H15N3O4S/c1-11-10(14)12-8-4-6-9(7-5-8)17-18(15,16)13(2)3/h4-7H,1-3H3,(H2,11,12,14). The van der Waals surface area contributed by atoms with E-state index in [2.05, 4.69) is 10.6 Å². The van der Waals surface area contributed by atoms with E-state index in [-0.39, 0.29) is 11.8 Å². The minimum atomic E-state index is -3.76. The highest BCUT2D eigenvalue weighted by Gasteiger charge is 2.15. The van der Waals surface area contributed by atoms with Gasteiger partial charge in [0.25, 0.3) is 0 Å². The number of hydrogen-bond donors (Lipinski definition) is 2. The zero-order valence-corrected chi connectivity index (χ0v) is 11.1. The molecule has 2 N–H and O–H groups in total. The van der Waals surface area contributed by atoms with Crippen molar-refractivity contribution in [3.8, 4) is 5.75 Å². The molecular weight excluding hydrogens is 258 g/mol. The molecule has 8 heteroatoms. The molecule has 1 aromatic carbocycles.